The largest absolute Gasteiger partial charge is 0.454 e. The van der Waals surface area contributed by atoms with Gasteiger partial charge in [-0.05, 0) is 50.5 Å². The van der Waals surface area contributed by atoms with Crippen LogP contribution in [0.3, 0.4) is 0 Å². The van der Waals surface area contributed by atoms with Crippen molar-refractivity contribution in [2.75, 3.05) is 24.6 Å². The average Bonchev–Trinajstić information content (AvgIpc) is 3.21. The Morgan fingerprint density at radius 2 is 1.82 bits per heavy atom. The van der Waals surface area contributed by atoms with E-state index < -0.39 is 17.5 Å². The van der Waals surface area contributed by atoms with E-state index in [4.69, 9.17) is 4.74 Å². The summed E-state index contributed by atoms with van der Waals surface area (Å²) in [5, 5.41) is 11.4. The van der Waals surface area contributed by atoms with E-state index in [2.05, 4.69) is 0 Å². The van der Waals surface area contributed by atoms with Gasteiger partial charge in [-0.3, -0.25) is 14.9 Å². The number of aryl methyl sites for hydroxylation is 2. The Hall–Kier alpha value is -3.22. The van der Waals surface area contributed by atoms with Crippen LogP contribution < -0.4 is 4.90 Å². The smallest absolute Gasteiger partial charge is 0.338 e. The third-order valence-corrected chi connectivity index (χ3v) is 4.88. The Morgan fingerprint density at radius 3 is 2.50 bits per heavy atom. The summed E-state index contributed by atoms with van der Waals surface area (Å²) in [5.74, 6) is -1.06. The topological polar surface area (TPSA) is 89.8 Å². The predicted molar refractivity (Wildman–Crippen MR) is 105 cm³/mol. The van der Waals surface area contributed by atoms with Crippen LogP contribution in [0.5, 0.6) is 0 Å². The minimum Gasteiger partial charge on any atom is -0.454 e. The quantitative estimate of drug-likeness (QED) is 0.326. The Balaban J connectivity index is 1.73. The van der Waals surface area contributed by atoms with E-state index in [-0.39, 0.29) is 17.0 Å². The minimum atomic E-state index is -0.755. The van der Waals surface area contributed by atoms with E-state index in [1.807, 2.05) is 30.9 Å². The van der Waals surface area contributed by atoms with Crippen molar-refractivity contribution in [3.8, 4) is 0 Å². The van der Waals surface area contributed by atoms with Crippen LogP contribution in [0.15, 0.2) is 36.4 Å². The lowest BCUT2D eigenvalue weighted by Crippen LogP contribution is -2.19. The van der Waals surface area contributed by atoms with Crippen molar-refractivity contribution in [3.63, 3.8) is 0 Å². The van der Waals surface area contributed by atoms with Crippen LogP contribution in [0.1, 0.15) is 44.7 Å². The van der Waals surface area contributed by atoms with Crippen molar-refractivity contribution >= 4 is 23.1 Å². The van der Waals surface area contributed by atoms with Gasteiger partial charge in [0, 0.05) is 24.7 Å². The number of Topliss-reactive ketones (excluding diaryl/α,β-unsaturated/α-hetero) is 1. The van der Waals surface area contributed by atoms with Crippen molar-refractivity contribution < 1.29 is 19.2 Å². The van der Waals surface area contributed by atoms with Gasteiger partial charge in [0.1, 0.15) is 5.69 Å². The lowest BCUT2D eigenvalue weighted by molar-refractivity contribution is -0.384. The minimum absolute atomic E-state index is 0.0587. The van der Waals surface area contributed by atoms with Crippen molar-refractivity contribution in [3.05, 3.63) is 68.8 Å². The van der Waals surface area contributed by atoms with Crippen LogP contribution in [0.2, 0.25) is 0 Å². The highest BCUT2D eigenvalue weighted by atomic mass is 16.6. The zero-order valence-electron chi connectivity index (χ0n) is 15.9. The summed E-state index contributed by atoms with van der Waals surface area (Å²) in [4.78, 5) is 37.6. The van der Waals surface area contributed by atoms with E-state index in [0.717, 1.165) is 37.1 Å². The Kier molecular flexibility index (Phi) is 5.73. The van der Waals surface area contributed by atoms with Crippen LogP contribution in [0, 0.1) is 24.0 Å². The SMILES string of the molecule is Cc1ccc(C)c(C(=O)COC(=O)c2ccc(N3CCCC3)c([N+](=O)[O-])c2)c1. The number of esters is 1. The fraction of sp³-hybridized carbons (Fsp3) is 0.333. The number of benzene rings is 2. The van der Waals surface area contributed by atoms with Crippen molar-refractivity contribution in [2.24, 2.45) is 0 Å². The number of hydrogen-bond acceptors (Lipinski definition) is 6. The van der Waals surface area contributed by atoms with Gasteiger partial charge < -0.3 is 9.64 Å². The molecule has 0 aromatic heterocycles. The standard InChI is InChI=1S/C21H22N2O5/c1-14-5-6-15(2)17(11-14)20(24)13-28-21(25)16-7-8-18(19(12-16)23(26)27)22-9-3-4-10-22/h5-8,11-12H,3-4,9-10,13H2,1-2H3. The maximum Gasteiger partial charge on any atom is 0.338 e. The van der Waals surface area contributed by atoms with Crippen molar-refractivity contribution in [1.82, 2.24) is 0 Å². The number of nitrogens with zero attached hydrogens (tertiary/aromatic N) is 2. The number of anilines is 1. The fourth-order valence-corrected chi connectivity index (χ4v) is 3.35. The molecular weight excluding hydrogens is 360 g/mol. The zero-order chi connectivity index (χ0) is 20.3. The summed E-state index contributed by atoms with van der Waals surface area (Å²) in [6.45, 7) is 4.80. The molecule has 2 aromatic rings. The summed E-state index contributed by atoms with van der Waals surface area (Å²) in [6.07, 6.45) is 1.98. The number of ether oxygens (including phenoxy) is 1. The van der Waals surface area contributed by atoms with Gasteiger partial charge in [0.2, 0.25) is 5.78 Å². The lowest BCUT2D eigenvalue weighted by Gasteiger charge is -2.17. The maximum atomic E-state index is 12.4. The number of nitro benzene ring substituents is 1. The summed E-state index contributed by atoms with van der Waals surface area (Å²) < 4.78 is 5.11. The second-order valence-electron chi connectivity index (χ2n) is 6.97. The second-order valence-corrected chi connectivity index (χ2v) is 6.97. The van der Waals surface area contributed by atoms with Crippen molar-refractivity contribution in [2.45, 2.75) is 26.7 Å². The molecule has 1 heterocycles. The monoisotopic (exact) mass is 382 g/mol. The molecule has 0 N–H and O–H groups in total. The molecular formula is C21H22N2O5. The first kappa shape index (κ1) is 19.5. The third-order valence-electron chi connectivity index (χ3n) is 4.88. The van der Waals surface area contributed by atoms with Gasteiger partial charge in [0.05, 0.1) is 10.5 Å². The lowest BCUT2D eigenvalue weighted by atomic mass is 10.0. The molecule has 7 heteroatoms. The molecule has 1 saturated heterocycles. The number of carbonyl (C=O) groups excluding carboxylic acids is 2. The molecule has 0 radical (unpaired) electrons. The molecule has 1 fully saturated rings. The maximum absolute atomic E-state index is 12.4. The van der Waals surface area contributed by atoms with Gasteiger partial charge in [0.25, 0.3) is 5.69 Å². The number of rotatable bonds is 6. The molecule has 0 bridgehead atoms. The van der Waals surface area contributed by atoms with Gasteiger partial charge in [-0.1, -0.05) is 17.7 Å². The van der Waals surface area contributed by atoms with Crippen molar-refractivity contribution in [1.29, 1.82) is 0 Å². The first-order chi connectivity index (χ1) is 13.4. The van der Waals surface area contributed by atoms with Gasteiger partial charge in [0.15, 0.2) is 6.61 Å². The zero-order valence-corrected chi connectivity index (χ0v) is 15.9. The highest BCUT2D eigenvalue weighted by Gasteiger charge is 2.24. The molecule has 3 rings (SSSR count). The Morgan fingerprint density at radius 1 is 1.11 bits per heavy atom. The van der Waals surface area contributed by atoms with Crippen LogP contribution in [0.25, 0.3) is 0 Å². The fourth-order valence-electron chi connectivity index (χ4n) is 3.35. The highest BCUT2D eigenvalue weighted by Crippen LogP contribution is 2.31. The van der Waals surface area contributed by atoms with Gasteiger partial charge >= 0.3 is 5.97 Å². The molecule has 0 atom stereocenters. The molecule has 1 aliphatic heterocycles. The molecule has 2 aromatic carbocycles. The summed E-state index contributed by atoms with van der Waals surface area (Å²) in [6, 6.07) is 9.79. The molecule has 0 spiro atoms. The summed E-state index contributed by atoms with van der Waals surface area (Å²) in [5.41, 5.74) is 2.68. The van der Waals surface area contributed by atoms with E-state index in [1.165, 1.54) is 12.1 Å². The molecule has 146 valence electrons. The molecule has 7 nitrogen and oxygen atoms in total. The summed E-state index contributed by atoms with van der Waals surface area (Å²) >= 11 is 0. The van der Waals surface area contributed by atoms with E-state index in [9.17, 15) is 19.7 Å². The van der Waals surface area contributed by atoms with Gasteiger partial charge in [-0.25, -0.2) is 4.79 Å². The second kappa shape index (κ2) is 8.21. The van der Waals surface area contributed by atoms with E-state index >= 15 is 0 Å². The number of hydrogen-bond donors (Lipinski definition) is 0. The highest BCUT2D eigenvalue weighted by molar-refractivity contribution is 6.00. The van der Waals surface area contributed by atoms with E-state index in [1.54, 1.807) is 12.1 Å². The third kappa shape index (κ3) is 4.19. The first-order valence-electron chi connectivity index (χ1n) is 9.18. The normalized spacial score (nSPS) is 13.4. The Labute approximate surface area is 163 Å². The molecule has 0 aliphatic carbocycles. The van der Waals surface area contributed by atoms with Crippen LogP contribution in [-0.4, -0.2) is 36.4 Å². The summed E-state index contributed by atoms with van der Waals surface area (Å²) in [7, 11) is 0. The van der Waals surface area contributed by atoms with Crippen LogP contribution in [-0.2, 0) is 4.74 Å². The molecule has 1 aliphatic rings. The average molecular weight is 382 g/mol. The number of ketones is 1. The molecule has 0 unspecified atom stereocenters. The predicted octanol–water partition coefficient (Wildman–Crippen LogP) is 3.85. The number of nitro groups is 1. The van der Waals surface area contributed by atoms with Crippen LogP contribution in [0.4, 0.5) is 11.4 Å². The molecule has 0 saturated carbocycles. The van der Waals surface area contributed by atoms with Gasteiger partial charge in [-0.15, -0.1) is 0 Å². The first-order valence-corrected chi connectivity index (χ1v) is 9.18. The molecule has 0 amide bonds. The van der Waals surface area contributed by atoms with Crippen LogP contribution >= 0.6 is 0 Å². The van der Waals surface area contributed by atoms with Gasteiger partial charge in [-0.2, -0.15) is 0 Å². The van der Waals surface area contributed by atoms with E-state index in [0.29, 0.717) is 11.3 Å². The number of carbonyl (C=O) groups is 2. The molecule has 28 heavy (non-hydrogen) atoms. The Bertz CT molecular complexity index is 932.